The van der Waals surface area contributed by atoms with Gasteiger partial charge in [0.1, 0.15) is 0 Å². The van der Waals surface area contributed by atoms with E-state index in [0.717, 1.165) is 16.5 Å². The molecule has 5 nitrogen and oxygen atoms in total. The second kappa shape index (κ2) is 4.69. The van der Waals surface area contributed by atoms with Crippen molar-refractivity contribution in [3.05, 3.63) is 53.7 Å². The summed E-state index contributed by atoms with van der Waals surface area (Å²) in [4.78, 5) is 14.5. The molecule has 1 aromatic heterocycles. The summed E-state index contributed by atoms with van der Waals surface area (Å²) < 4.78 is 0. The van der Waals surface area contributed by atoms with Crippen molar-refractivity contribution in [1.29, 1.82) is 5.26 Å². The topological polar surface area (TPSA) is 109 Å². The summed E-state index contributed by atoms with van der Waals surface area (Å²) in [6.07, 6.45) is 1.75. The van der Waals surface area contributed by atoms with Crippen molar-refractivity contribution in [3.8, 4) is 17.2 Å². The van der Waals surface area contributed by atoms with Crippen molar-refractivity contribution in [2.24, 2.45) is 5.73 Å². The fourth-order valence-electron chi connectivity index (χ4n) is 2.49. The number of aromatic amines is 1. The average Bonchev–Trinajstić information content (AvgIpc) is 2.94. The number of nitrogens with two attached hydrogens (primary N) is 2. The highest BCUT2D eigenvalue weighted by Crippen LogP contribution is 2.31. The van der Waals surface area contributed by atoms with Crippen molar-refractivity contribution >= 4 is 22.5 Å². The first kappa shape index (κ1) is 12.8. The fourth-order valence-corrected chi connectivity index (χ4v) is 2.49. The molecule has 0 radical (unpaired) electrons. The third-order valence-electron chi connectivity index (χ3n) is 3.38. The molecule has 102 valence electrons. The van der Waals surface area contributed by atoms with Gasteiger partial charge in [-0.05, 0) is 41.5 Å². The third kappa shape index (κ3) is 2.09. The first-order valence-corrected chi connectivity index (χ1v) is 6.31. The first-order valence-electron chi connectivity index (χ1n) is 6.31. The van der Waals surface area contributed by atoms with Gasteiger partial charge in [0.05, 0.1) is 22.7 Å². The number of benzene rings is 2. The van der Waals surface area contributed by atoms with Crippen LogP contribution in [0.2, 0.25) is 0 Å². The summed E-state index contributed by atoms with van der Waals surface area (Å²) in [7, 11) is 0. The molecule has 3 aromatic rings. The molecule has 0 fully saturated rings. The molecule has 0 atom stereocenters. The molecule has 0 aliphatic rings. The lowest BCUT2D eigenvalue weighted by molar-refractivity contribution is 0.100. The van der Waals surface area contributed by atoms with Gasteiger partial charge in [-0.3, -0.25) is 4.79 Å². The number of rotatable bonds is 2. The van der Waals surface area contributed by atoms with Crippen LogP contribution >= 0.6 is 0 Å². The number of primary amides is 1. The van der Waals surface area contributed by atoms with Crippen LogP contribution in [0.1, 0.15) is 15.9 Å². The van der Waals surface area contributed by atoms with Gasteiger partial charge < -0.3 is 16.5 Å². The Morgan fingerprint density at radius 1 is 1.19 bits per heavy atom. The Labute approximate surface area is 120 Å². The molecule has 5 N–H and O–H groups in total. The lowest BCUT2D eigenvalue weighted by Gasteiger charge is -2.08. The normalized spacial score (nSPS) is 10.4. The molecule has 1 heterocycles. The predicted octanol–water partition coefficient (Wildman–Crippen LogP) is 2.39. The van der Waals surface area contributed by atoms with Crippen LogP contribution in [0, 0.1) is 11.3 Å². The maximum Gasteiger partial charge on any atom is 0.250 e. The van der Waals surface area contributed by atoms with Crippen LogP contribution in [0.15, 0.2) is 42.6 Å². The third-order valence-corrected chi connectivity index (χ3v) is 3.38. The minimum Gasteiger partial charge on any atom is -0.399 e. The Balaban J connectivity index is 2.30. The summed E-state index contributed by atoms with van der Waals surface area (Å²) >= 11 is 0. The molecule has 1 amide bonds. The lowest BCUT2D eigenvalue weighted by Crippen LogP contribution is -2.11. The van der Waals surface area contributed by atoms with Crippen LogP contribution in [0.5, 0.6) is 0 Å². The Kier molecular flexibility index (Phi) is 2.85. The van der Waals surface area contributed by atoms with E-state index in [0.29, 0.717) is 22.3 Å². The van der Waals surface area contributed by atoms with Crippen LogP contribution in [-0.2, 0) is 0 Å². The van der Waals surface area contributed by atoms with Gasteiger partial charge in [-0.25, -0.2) is 0 Å². The average molecular weight is 276 g/mol. The second-order valence-electron chi connectivity index (χ2n) is 4.75. The predicted molar refractivity (Wildman–Crippen MR) is 81.4 cm³/mol. The molecular formula is C16H12N4O. The Bertz CT molecular complexity index is 902. The summed E-state index contributed by atoms with van der Waals surface area (Å²) in [5.41, 5.74) is 15.1. The summed E-state index contributed by atoms with van der Waals surface area (Å²) in [5.74, 6) is -0.487. The molecule has 0 saturated heterocycles. The zero-order valence-corrected chi connectivity index (χ0v) is 11.1. The van der Waals surface area contributed by atoms with E-state index in [9.17, 15) is 4.79 Å². The molecule has 0 saturated carbocycles. The van der Waals surface area contributed by atoms with E-state index in [2.05, 4.69) is 11.1 Å². The molecule has 0 unspecified atom stereocenters. The van der Waals surface area contributed by atoms with E-state index in [1.165, 1.54) is 0 Å². The number of aromatic nitrogens is 1. The first-order chi connectivity index (χ1) is 10.1. The van der Waals surface area contributed by atoms with Crippen molar-refractivity contribution in [2.45, 2.75) is 0 Å². The molecule has 3 rings (SSSR count). The van der Waals surface area contributed by atoms with E-state index >= 15 is 0 Å². The highest BCUT2D eigenvalue weighted by molar-refractivity contribution is 6.09. The zero-order chi connectivity index (χ0) is 15.0. The van der Waals surface area contributed by atoms with Crippen LogP contribution < -0.4 is 11.5 Å². The summed E-state index contributed by atoms with van der Waals surface area (Å²) in [6, 6.07) is 12.6. The van der Waals surface area contributed by atoms with Crippen LogP contribution in [0.4, 0.5) is 5.69 Å². The van der Waals surface area contributed by atoms with Gasteiger partial charge >= 0.3 is 0 Å². The number of anilines is 1. The van der Waals surface area contributed by atoms with Crippen molar-refractivity contribution in [2.75, 3.05) is 5.73 Å². The number of hydrogen-bond donors (Lipinski definition) is 3. The molecule has 2 aromatic carbocycles. The van der Waals surface area contributed by atoms with E-state index in [-0.39, 0.29) is 0 Å². The molecule has 5 heteroatoms. The molecule has 0 aliphatic heterocycles. The number of carbonyl (C=O) groups is 1. The Hall–Kier alpha value is -3.26. The number of H-pyrrole nitrogens is 1. The summed E-state index contributed by atoms with van der Waals surface area (Å²) in [5, 5.41) is 9.91. The minimum absolute atomic E-state index is 0.433. The number of carbonyl (C=O) groups excluding carboxylic acids is 1. The van der Waals surface area contributed by atoms with E-state index in [1.807, 2.05) is 12.1 Å². The largest absolute Gasteiger partial charge is 0.399 e. The minimum atomic E-state index is -0.487. The van der Waals surface area contributed by atoms with Crippen molar-refractivity contribution in [1.82, 2.24) is 4.98 Å². The molecule has 0 bridgehead atoms. The smallest absolute Gasteiger partial charge is 0.250 e. The van der Waals surface area contributed by atoms with Gasteiger partial charge in [-0.1, -0.05) is 6.07 Å². The highest BCUT2D eigenvalue weighted by Gasteiger charge is 2.12. The second-order valence-corrected chi connectivity index (χ2v) is 4.75. The van der Waals surface area contributed by atoms with Crippen molar-refractivity contribution in [3.63, 3.8) is 0 Å². The van der Waals surface area contributed by atoms with Gasteiger partial charge in [-0.15, -0.1) is 0 Å². The molecular weight excluding hydrogens is 264 g/mol. The SMILES string of the molecule is N#Cc1cc(N)cc(-c2ccc(C(N)=O)c3[nH]ccc23)c1. The maximum atomic E-state index is 11.5. The molecule has 21 heavy (non-hydrogen) atoms. The highest BCUT2D eigenvalue weighted by atomic mass is 16.1. The van der Waals surface area contributed by atoms with Gasteiger partial charge in [0.25, 0.3) is 5.91 Å². The number of hydrogen-bond acceptors (Lipinski definition) is 3. The van der Waals surface area contributed by atoms with Crippen LogP contribution in [0.25, 0.3) is 22.0 Å². The van der Waals surface area contributed by atoms with Gasteiger partial charge in [0.2, 0.25) is 0 Å². The van der Waals surface area contributed by atoms with Crippen LogP contribution in [-0.4, -0.2) is 10.9 Å². The van der Waals surface area contributed by atoms with Crippen molar-refractivity contribution < 1.29 is 4.79 Å². The number of nitrogens with zero attached hydrogens (tertiary/aromatic N) is 1. The number of nitrogen functional groups attached to an aromatic ring is 1. The van der Waals surface area contributed by atoms with E-state index in [4.69, 9.17) is 16.7 Å². The quantitative estimate of drug-likeness (QED) is 0.625. The number of nitriles is 1. The lowest BCUT2D eigenvalue weighted by atomic mass is 9.97. The monoisotopic (exact) mass is 276 g/mol. The van der Waals surface area contributed by atoms with Gasteiger partial charge in [0.15, 0.2) is 0 Å². The van der Waals surface area contributed by atoms with Gasteiger partial charge in [-0.2, -0.15) is 5.26 Å². The Morgan fingerprint density at radius 3 is 2.71 bits per heavy atom. The van der Waals surface area contributed by atoms with Crippen LogP contribution in [0.3, 0.4) is 0 Å². The zero-order valence-electron chi connectivity index (χ0n) is 11.1. The molecule has 0 aliphatic carbocycles. The van der Waals surface area contributed by atoms with Gasteiger partial charge in [0, 0.05) is 17.3 Å². The van der Waals surface area contributed by atoms with E-state index in [1.54, 1.807) is 30.5 Å². The molecule has 0 spiro atoms. The number of amides is 1. The maximum absolute atomic E-state index is 11.5. The number of fused-ring (bicyclic) bond motifs is 1. The fraction of sp³-hybridized carbons (Fsp3) is 0. The Morgan fingerprint density at radius 2 is 2.00 bits per heavy atom. The standard InChI is InChI=1S/C16H12N4O/c17-8-9-5-10(7-11(18)6-9)12-1-2-14(16(19)21)15-13(12)3-4-20-15/h1-7,20H,18H2,(H2,19,21). The summed E-state index contributed by atoms with van der Waals surface area (Å²) in [6.45, 7) is 0. The number of nitrogens with one attached hydrogen (secondary N) is 1. The van der Waals surface area contributed by atoms with E-state index < -0.39 is 5.91 Å².